The predicted molar refractivity (Wildman–Crippen MR) is 111 cm³/mol. The molecule has 2 heterocycles. The van der Waals surface area contributed by atoms with Crippen molar-refractivity contribution in [3.8, 4) is 0 Å². The van der Waals surface area contributed by atoms with Gasteiger partial charge in [0.05, 0.1) is 6.54 Å². The Balaban J connectivity index is 1.44. The minimum atomic E-state index is -0.492. The molecule has 1 saturated heterocycles. The predicted octanol–water partition coefficient (Wildman–Crippen LogP) is 3.31. The number of benzene rings is 1. The molecule has 156 valence electrons. The molecule has 3 rings (SSSR count). The first kappa shape index (κ1) is 20.9. The van der Waals surface area contributed by atoms with Crippen LogP contribution in [0.2, 0.25) is 0 Å². The summed E-state index contributed by atoms with van der Waals surface area (Å²) < 4.78 is 7.12. The van der Waals surface area contributed by atoms with Crippen molar-refractivity contribution in [3.05, 3.63) is 53.9 Å². The van der Waals surface area contributed by atoms with Crippen LogP contribution in [0.5, 0.6) is 0 Å². The Morgan fingerprint density at radius 3 is 2.45 bits per heavy atom. The topological polar surface area (TPSA) is 76.5 Å². The Hall–Kier alpha value is -2.83. The van der Waals surface area contributed by atoms with Gasteiger partial charge in [-0.1, -0.05) is 12.1 Å². The fourth-order valence-corrected chi connectivity index (χ4v) is 3.40. The first-order valence-corrected chi connectivity index (χ1v) is 10.1. The molecule has 1 aliphatic heterocycles. The molecule has 0 spiro atoms. The molecule has 7 heteroatoms. The number of aromatic nitrogens is 2. The summed E-state index contributed by atoms with van der Waals surface area (Å²) >= 11 is 0. The molecule has 0 saturated carbocycles. The second kappa shape index (κ2) is 9.11. The van der Waals surface area contributed by atoms with Crippen molar-refractivity contribution < 1.29 is 14.3 Å². The van der Waals surface area contributed by atoms with Crippen LogP contribution in [-0.4, -0.2) is 51.9 Å². The molecule has 1 aromatic carbocycles. The summed E-state index contributed by atoms with van der Waals surface area (Å²) in [6.07, 6.45) is 5.04. The SMILES string of the molecule is CC(C)(C)OC(=O)NCC1CCN(C(=O)c2ccc(Cn3cccn3)cc2)CC1. The number of amides is 2. The van der Waals surface area contributed by atoms with Crippen molar-refractivity contribution in [2.24, 2.45) is 5.92 Å². The fraction of sp³-hybridized carbons (Fsp3) is 0.500. The highest BCUT2D eigenvalue weighted by atomic mass is 16.6. The van der Waals surface area contributed by atoms with Gasteiger partial charge in [-0.2, -0.15) is 5.10 Å². The molecule has 7 nitrogen and oxygen atoms in total. The van der Waals surface area contributed by atoms with Gasteiger partial charge in [0, 0.05) is 37.6 Å². The first-order chi connectivity index (χ1) is 13.8. The average molecular weight is 399 g/mol. The van der Waals surface area contributed by atoms with Crippen LogP contribution in [0.15, 0.2) is 42.7 Å². The number of alkyl carbamates (subject to hydrolysis) is 1. The highest BCUT2D eigenvalue weighted by molar-refractivity contribution is 5.94. The van der Waals surface area contributed by atoms with Gasteiger partial charge in [-0.3, -0.25) is 9.48 Å². The molecule has 1 fully saturated rings. The number of nitrogens with one attached hydrogen (secondary N) is 1. The van der Waals surface area contributed by atoms with Gasteiger partial charge in [0.1, 0.15) is 5.60 Å². The minimum absolute atomic E-state index is 0.0641. The van der Waals surface area contributed by atoms with E-state index in [0.717, 1.165) is 18.4 Å². The number of ether oxygens (including phenoxy) is 1. The molecule has 0 unspecified atom stereocenters. The van der Waals surface area contributed by atoms with E-state index in [1.807, 2.05) is 66.9 Å². The first-order valence-electron chi connectivity index (χ1n) is 10.1. The largest absolute Gasteiger partial charge is 0.444 e. The molecular weight excluding hydrogens is 368 g/mol. The van der Waals surface area contributed by atoms with E-state index >= 15 is 0 Å². The van der Waals surface area contributed by atoms with Gasteiger partial charge in [0.2, 0.25) is 0 Å². The minimum Gasteiger partial charge on any atom is -0.444 e. The van der Waals surface area contributed by atoms with E-state index in [1.165, 1.54) is 0 Å². The van der Waals surface area contributed by atoms with Gasteiger partial charge in [-0.15, -0.1) is 0 Å². The van der Waals surface area contributed by atoms with Crippen molar-refractivity contribution in [1.29, 1.82) is 0 Å². The van der Waals surface area contributed by atoms with Crippen LogP contribution in [-0.2, 0) is 11.3 Å². The number of rotatable bonds is 5. The molecular formula is C22H30N4O3. The van der Waals surface area contributed by atoms with E-state index in [1.54, 1.807) is 6.20 Å². The van der Waals surface area contributed by atoms with Gasteiger partial charge in [-0.05, 0) is 63.3 Å². The molecule has 0 aliphatic carbocycles. The molecule has 0 bridgehead atoms. The van der Waals surface area contributed by atoms with E-state index in [-0.39, 0.29) is 12.0 Å². The average Bonchev–Trinajstić information content (AvgIpc) is 3.19. The van der Waals surface area contributed by atoms with E-state index in [4.69, 9.17) is 4.74 Å². The van der Waals surface area contributed by atoms with Crippen molar-refractivity contribution in [3.63, 3.8) is 0 Å². The maximum Gasteiger partial charge on any atom is 0.407 e. The van der Waals surface area contributed by atoms with Gasteiger partial charge in [0.25, 0.3) is 5.91 Å². The molecule has 0 radical (unpaired) electrons. The van der Waals surface area contributed by atoms with Crippen LogP contribution in [0.1, 0.15) is 49.5 Å². The quantitative estimate of drug-likeness (QED) is 0.838. The molecule has 29 heavy (non-hydrogen) atoms. The number of carbonyl (C=O) groups is 2. The lowest BCUT2D eigenvalue weighted by atomic mass is 9.96. The molecule has 2 aromatic rings. The zero-order valence-electron chi connectivity index (χ0n) is 17.4. The lowest BCUT2D eigenvalue weighted by molar-refractivity contribution is 0.0500. The van der Waals surface area contributed by atoms with E-state index in [9.17, 15) is 9.59 Å². The van der Waals surface area contributed by atoms with E-state index < -0.39 is 5.60 Å². The van der Waals surface area contributed by atoms with Gasteiger partial charge < -0.3 is 15.0 Å². The maximum atomic E-state index is 12.8. The van der Waals surface area contributed by atoms with Crippen LogP contribution in [0.4, 0.5) is 4.79 Å². The summed E-state index contributed by atoms with van der Waals surface area (Å²) in [6.45, 7) is 8.22. The summed E-state index contributed by atoms with van der Waals surface area (Å²) in [5.41, 5.74) is 1.32. The summed E-state index contributed by atoms with van der Waals surface area (Å²) in [7, 11) is 0. The van der Waals surface area contributed by atoms with Crippen LogP contribution in [0.3, 0.4) is 0 Å². The molecule has 1 N–H and O–H groups in total. The highest BCUT2D eigenvalue weighted by Gasteiger charge is 2.24. The third-order valence-electron chi connectivity index (χ3n) is 4.94. The Kier molecular flexibility index (Phi) is 6.56. The smallest absolute Gasteiger partial charge is 0.407 e. The lowest BCUT2D eigenvalue weighted by Gasteiger charge is -2.32. The van der Waals surface area contributed by atoms with Crippen LogP contribution < -0.4 is 5.32 Å². The summed E-state index contributed by atoms with van der Waals surface area (Å²) in [4.78, 5) is 26.5. The normalized spacial score (nSPS) is 15.2. The van der Waals surface area contributed by atoms with Gasteiger partial charge in [0.15, 0.2) is 0 Å². The Morgan fingerprint density at radius 1 is 1.17 bits per heavy atom. The van der Waals surface area contributed by atoms with E-state index in [0.29, 0.717) is 37.7 Å². The number of hydrogen-bond donors (Lipinski definition) is 1. The maximum absolute atomic E-state index is 12.8. The van der Waals surface area contributed by atoms with Crippen molar-refractivity contribution in [1.82, 2.24) is 20.0 Å². The lowest BCUT2D eigenvalue weighted by Crippen LogP contribution is -2.42. The zero-order chi connectivity index (χ0) is 20.9. The highest BCUT2D eigenvalue weighted by Crippen LogP contribution is 2.19. The third kappa shape index (κ3) is 6.34. The zero-order valence-corrected chi connectivity index (χ0v) is 17.4. The number of hydrogen-bond acceptors (Lipinski definition) is 4. The number of piperidine rings is 1. The van der Waals surface area contributed by atoms with Crippen molar-refractivity contribution in [2.45, 2.75) is 45.8 Å². The van der Waals surface area contributed by atoms with Crippen LogP contribution >= 0.6 is 0 Å². The van der Waals surface area contributed by atoms with Crippen molar-refractivity contribution >= 4 is 12.0 Å². The third-order valence-corrected chi connectivity index (χ3v) is 4.94. The second-order valence-corrected chi connectivity index (χ2v) is 8.52. The summed E-state index contributed by atoms with van der Waals surface area (Å²) in [5, 5.41) is 7.04. The van der Waals surface area contributed by atoms with Crippen LogP contribution in [0.25, 0.3) is 0 Å². The second-order valence-electron chi connectivity index (χ2n) is 8.52. The Labute approximate surface area is 172 Å². The van der Waals surface area contributed by atoms with Crippen LogP contribution in [0, 0.1) is 5.92 Å². The number of nitrogens with zero attached hydrogens (tertiary/aromatic N) is 3. The number of carbonyl (C=O) groups excluding carboxylic acids is 2. The molecule has 2 amide bonds. The monoisotopic (exact) mass is 398 g/mol. The Bertz CT molecular complexity index is 802. The molecule has 0 atom stereocenters. The summed E-state index contributed by atoms with van der Waals surface area (Å²) in [6, 6.07) is 9.62. The van der Waals surface area contributed by atoms with Crippen molar-refractivity contribution in [2.75, 3.05) is 19.6 Å². The van der Waals surface area contributed by atoms with E-state index in [2.05, 4.69) is 10.4 Å². The molecule has 1 aliphatic rings. The Morgan fingerprint density at radius 2 is 1.86 bits per heavy atom. The molecule has 1 aromatic heterocycles. The van der Waals surface area contributed by atoms with Gasteiger partial charge >= 0.3 is 6.09 Å². The number of likely N-dealkylation sites (tertiary alicyclic amines) is 1. The van der Waals surface area contributed by atoms with Gasteiger partial charge in [-0.25, -0.2) is 4.79 Å². The fourth-order valence-electron chi connectivity index (χ4n) is 3.40. The standard InChI is InChI=1S/C22H30N4O3/c1-22(2,3)29-21(28)23-15-17-9-13-25(14-10-17)20(27)19-7-5-18(6-8-19)16-26-12-4-11-24-26/h4-8,11-12,17H,9-10,13-16H2,1-3H3,(H,23,28). The summed E-state index contributed by atoms with van der Waals surface area (Å²) in [5.74, 6) is 0.428.